The van der Waals surface area contributed by atoms with E-state index in [0.717, 1.165) is 56.7 Å². The van der Waals surface area contributed by atoms with Crippen molar-refractivity contribution in [2.75, 3.05) is 46.5 Å². The molecule has 1 aliphatic heterocycles. The van der Waals surface area contributed by atoms with Crippen molar-refractivity contribution >= 4 is 5.96 Å². The number of guanidine groups is 1. The summed E-state index contributed by atoms with van der Waals surface area (Å²) in [6, 6.07) is 8.55. The monoisotopic (exact) mass is 376 g/mol. The van der Waals surface area contributed by atoms with Crippen LogP contribution in [0, 0.1) is 5.92 Å². The predicted octanol–water partition coefficient (Wildman–Crippen LogP) is 2.50. The zero-order chi connectivity index (χ0) is 19.5. The van der Waals surface area contributed by atoms with E-state index in [9.17, 15) is 0 Å². The van der Waals surface area contributed by atoms with Gasteiger partial charge in [0.15, 0.2) is 5.96 Å². The van der Waals surface area contributed by atoms with Gasteiger partial charge in [-0.1, -0.05) is 26.0 Å². The molecule has 0 aromatic heterocycles. The van der Waals surface area contributed by atoms with E-state index in [4.69, 9.17) is 14.5 Å². The molecular weight excluding hydrogens is 340 g/mol. The Morgan fingerprint density at radius 2 is 2.04 bits per heavy atom. The Bertz CT molecular complexity index is 571. The summed E-state index contributed by atoms with van der Waals surface area (Å²) < 4.78 is 10.8. The number of morpholine rings is 1. The van der Waals surface area contributed by atoms with E-state index in [-0.39, 0.29) is 0 Å². The lowest BCUT2D eigenvalue weighted by Crippen LogP contribution is -2.51. The average molecular weight is 377 g/mol. The van der Waals surface area contributed by atoms with Crippen LogP contribution < -0.4 is 15.4 Å². The lowest BCUT2D eigenvalue weighted by Gasteiger charge is -2.35. The van der Waals surface area contributed by atoms with Crippen LogP contribution in [0.1, 0.15) is 32.8 Å². The minimum absolute atomic E-state index is 0.495. The molecule has 1 fully saturated rings. The van der Waals surface area contributed by atoms with Gasteiger partial charge >= 0.3 is 0 Å². The first-order valence-corrected chi connectivity index (χ1v) is 10.1. The fraction of sp³-hybridized carbons (Fsp3) is 0.667. The third-order valence-corrected chi connectivity index (χ3v) is 4.71. The molecule has 1 unspecified atom stereocenters. The highest BCUT2D eigenvalue weighted by Gasteiger charge is 2.22. The number of aliphatic imine (C=N–C) groups is 1. The van der Waals surface area contributed by atoms with E-state index in [1.165, 1.54) is 6.42 Å². The molecule has 6 nitrogen and oxygen atoms in total. The molecule has 1 saturated heterocycles. The molecule has 1 aromatic rings. The first kappa shape index (κ1) is 21.5. The van der Waals surface area contributed by atoms with Crippen LogP contribution >= 0.6 is 0 Å². The van der Waals surface area contributed by atoms with Gasteiger partial charge in [-0.3, -0.25) is 4.90 Å². The first-order chi connectivity index (χ1) is 13.1. The Hall–Kier alpha value is -1.79. The summed E-state index contributed by atoms with van der Waals surface area (Å²) in [5.41, 5.74) is 1.14. The Labute approximate surface area is 164 Å². The zero-order valence-corrected chi connectivity index (χ0v) is 17.3. The fourth-order valence-corrected chi connectivity index (χ4v) is 3.35. The highest BCUT2D eigenvalue weighted by molar-refractivity contribution is 5.79. The van der Waals surface area contributed by atoms with E-state index < -0.39 is 0 Å². The highest BCUT2D eigenvalue weighted by atomic mass is 16.5. The quantitative estimate of drug-likeness (QED) is 0.512. The summed E-state index contributed by atoms with van der Waals surface area (Å²) in [7, 11) is 1.69. The van der Waals surface area contributed by atoms with Crippen molar-refractivity contribution in [2.45, 2.75) is 39.8 Å². The highest BCUT2D eigenvalue weighted by Crippen LogP contribution is 2.14. The molecular formula is C21H36N4O2. The summed E-state index contributed by atoms with van der Waals surface area (Å²) in [6.07, 6.45) is 1.17. The molecule has 0 radical (unpaired) electrons. The minimum Gasteiger partial charge on any atom is -0.497 e. The van der Waals surface area contributed by atoms with Crippen LogP contribution in [0.5, 0.6) is 5.75 Å². The zero-order valence-electron chi connectivity index (χ0n) is 17.3. The summed E-state index contributed by atoms with van der Waals surface area (Å²) in [4.78, 5) is 7.29. The van der Waals surface area contributed by atoms with Crippen molar-refractivity contribution in [1.29, 1.82) is 0 Å². The number of nitrogens with one attached hydrogen (secondary N) is 2. The van der Waals surface area contributed by atoms with Crippen LogP contribution in [0.3, 0.4) is 0 Å². The van der Waals surface area contributed by atoms with Crippen LogP contribution in [-0.4, -0.2) is 63.4 Å². The summed E-state index contributed by atoms with van der Waals surface area (Å²) in [5.74, 6) is 2.39. The summed E-state index contributed by atoms with van der Waals surface area (Å²) in [5, 5.41) is 6.90. The van der Waals surface area contributed by atoms with Crippen molar-refractivity contribution in [2.24, 2.45) is 10.9 Å². The third-order valence-electron chi connectivity index (χ3n) is 4.71. The van der Waals surface area contributed by atoms with Crippen molar-refractivity contribution in [3.63, 3.8) is 0 Å². The number of ether oxygens (including phenoxy) is 2. The maximum Gasteiger partial charge on any atom is 0.191 e. The van der Waals surface area contributed by atoms with Crippen molar-refractivity contribution in [1.82, 2.24) is 15.5 Å². The van der Waals surface area contributed by atoms with Gasteiger partial charge in [0.2, 0.25) is 0 Å². The van der Waals surface area contributed by atoms with Crippen LogP contribution in [0.4, 0.5) is 0 Å². The van der Waals surface area contributed by atoms with E-state index in [1.54, 1.807) is 7.11 Å². The molecule has 0 saturated carbocycles. The molecule has 1 aliphatic rings. The van der Waals surface area contributed by atoms with Crippen LogP contribution in [-0.2, 0) is 11.3 Å². The standard InChI is InChI=1S/C21H36N4O2/c1-5-22-21(23-15-18-7-6-8-20(14-18)26-4)24-16-19(13-17(2)3)25-9-11-27-12-10-25/h6-8,14,17,19H,5,9-13,15-16H2,1-4H3,(H2,22,23,24). The van der Waals surface area contributed by atoms with E-state index in [0.29, 0.717) is 18.5 Å². The number of rotatable bonds is 9. The fourth-order valence-electron chi connectivity index (χ4n) is 3.35. The molecule has 6 heteroatoms. The van der Waals surface area contributed by atoms with Crippen LogP contribution in [0.25, 0.3) is 0 Å². The van der Waals surface area contributed by atoms with Gasteiger partial charge in [-0.05, 0) is 37.0 Å². The van der Waals surface area contributed by atoms with E-state index in [2.05, 4.69) is 42.4 Å². The molecule has 0 bridgehead atoms. The predicted molar refractivity (Wildman–Crippen MR) is 111 cm³/mol. The van der Waals surface area contributed by atoms with Gasteiger partial charge in [0, 0.05) is 32.2 Å². The van der Waals surface area contributed by atoms with Gasteiger partial charge in [-0.2, -0.15) is 0 Å². The van der Waals surface area contributed by atoms with Crippen molar-refractivity contribution in [3.8, 4) is 5.75 Å². The second kappa shape index (κ2) is 11.8. The van der Waals surface area contributed by atoms with Crippen LogP contribution in [0.2, 0.25) is 0 Å². The number of nitrogens with zero attached hydrogens (tertiary/aromatic N) is 2. The molecule has 0 aliphatic carbocycles. The topological polar surface area (TPSA) is 58.1 Å². The summed E-state index contributed by atoms with van der Waals surface area (Å²) >= 11 is 0. The summed E-state index contributed by atoms with van der Waals surface area (Å²) in [6.45, 7) is 12.7. The molecule has 1 aromatic carbocycles. The molecule has 27 heavy (non-hydrogen) atoms. The Morgan fingerprint density at radius 3 is 2.70 bits per heavy atom. The van der Waals surface area contributed by atoms with Gasteiger partial charge in [0.05, 0.1) is 26.9 Å². The molecule has 1 atom stereocenters. The van der Waals surface area contributed by atoms with Gasteiger partial charge in [0.1, 0.15) is 5.75 Å². The Balaban J connectivity index is 1.97. The lowest BCUT2D eigenvalue weighted by atomic mass is 10.0. The lowest BCUT2D eigenvalue weighted by molar-refractivity contribution is 0.0132. The van der Waals surface area contributed by atoms with Gasteiger partial charge in [0.25, 0.3) is 0 Å². The maximum atomic E-state index is 5.52. The number of methoxy groups -OCH3 is 1. The number of hydrogen-bond acceptors (Lipinski definition) is 4. The molecule has 1 heterocycles. The second-order valence-corrected chi connectivity index (χ2v) is 7.36. The minimum atomic E-state index is 0.495. The molecule has 0 spiro atoms. The van der Waals surface area contributed by atoms with Crippen LogP contribution in [0.15, 0.2) is 29.3 Å². The Morgan fingerprint density at radius 1 is 1.26 bits per heavy atom. The maximum absolute atomic E-state index is 5.52. The molecule has 2 rings (SSSR count). The van der Waals surface area contributed by atoms with Gasteiger partial charge in [-0.15, -0.1) is 0 Å². The number of benzene rings is 1. The molecule has 0 amide bonds. The van der Waals surface area contributed by atoms with Crippen molar-refractivity contribution in [3.05, 3.63) is 29.8 Å². The van der Waals surface area contributed by atoms with Crippen molar-refractivity contribution < 1.29 is 9.47 Å². The smallest absolute Gasteiger partial charge is 0.191 e. The van der Waals surface area contributed by atoms with Gasteiger partial charge in [-0.25, -0.2) is 4.99 Å². The largest absolute Gasteiger partial charge is 0.497 e. The third kappa shape index (κ3) is 7.77. The van der Waals surface area contributed by atoms with Gasteiger partial charge < -0.3 is 20.1 Å². The first-order valence-electron chi connectivity index (χ1n) is 10.1. The average Bonchev–Trinajstić information content (AvgIpc) is 2.69. The molecule has 2 N–H and O–H groups in total. The number of hydrogen-bond donors (Lipinski definition) is 2. The van der Waals surface area contributed by atoms with E-state index >= 15 is 0 Å². The normalized spacial score (nSPS) is 17.0. The SMILES string of the molecule is CCNC(=NCc1cccc(OC)c1)NCC(CC(C)C)N1CCOCC1. The molecule has 152 valence electrons. The second-order valence-electron chi connectivity index (χ2n) is 7.36. The van der Waals surface area contributed by atoms with E-state index in [1.807, 2.05) is 18.2 Å². The Kier molecular flexibility index (Phi) is 9.42.